The molecule has 4 saturated carbocycles. The number of carbonyl (C=O) groups is 2. The van der Waals surface area contributed by atoms with Crippen molar-refractivity contribution >= 4 is 11.6 Å². The smallest absolute Gasteiger partial charge is 0.176 e. The molecule has 4 fully saturated rings. The van der Waals surface area contributed by atoms with Crippen LogP contribution in [0.25, 0.3) is 0 Å². The molecule has 0 N–H and O–H groups in total. The summed E-state index contributed by atoms with van der Waals surface area (Å²) in [6.07, 6.45) is 9.19. The first-order valence-electron chi connectivity index (χ1n) is 13.4. The van der Waals surface area contributed by atoms with E-state index in [1.54, 1.807) is 0 Å². The second kappa shape index (κ2) is 7.06. The zero-order valence-electron chi connectivity index (χ0n) is 21.8. The maximum Gasteiger partial charge on any atom is 0.176 e. The Labute approximate surface area is 205 Å². The lowest BCUT2D eigenvalue weighted by Crippen LogP contribution is -2.67. The summed E-state index contributed by atoms with van der Waals surface area (Å²) < 4.78 is 0. The maximum absolute atomic E-state index is 14.2. The summed E-state index contributed by atoms with van der Waals surface area (Å²) in [6, 6.07) is 4.93. The third kappa shape index (κ3) is 2.75. The quantitative estimate of drug-likeness (QED) is 0.418. The van der Waals surface area contributed by atoms with Gasteiger partial charge in [0.1, 0.15) is 11.9 Å². The fourth-order valence-electron chi connectivity index (χ4n) is 10.1. The minimum absolute atomic E-state index is 0.0271. The summed E-state index contributed by atoms with van der Waals surface area (Å²) in [4.78, 5) is 27.1. The first-order valence-corrected chi connectivity index (χ1v) is 13.4. The molecule has 4 heteroatoms. The molecule has 5 aliphatic rings. The molecule has 0 aromatic carbocycles. The minimum Gasteiger partial charge on any atom is -0.299 e. The van der Waals surface area contributed by atoms with Gasteiger partial charge in [0.25, 0.3) is 0 Å². The van der Waals surface area contributed by atoms with E-state index in [1.807, 2.05) is 13.0 Å². The zero-order chi connectivity index (χ0) is 24.9. The van der Waals surface area contributed by atoms with E-state index in [0.29, 0.717) is 12.2 Å². The first kappa shape index (κ1) is 23.8. The van der Waals surface area contributed by atoms with Crippen molar-refractivity contribution in [1.29, 1.82) is 10.5 Å². The third-order valence-corrected chi connectivity index (χ3v) is 12.3. The number of rotatable bonds is 0. The molecule has 0 amide bonds. The number of hydrogen-bond donors (Lipinski definition) is 0. The van der Waals surface area contributed by atoms with Crippen LogP contribution < -0.4 is 0 Å². The number of Topliss-reactive ketones (excluding diaryl/α,β-unsaturated/α-hetero) is 2. The van der Waals surface area contributed by atoms with Crippen LogP contribution in [-0.2, 0) is 9.59 Å². The van der Waals surface area contributed by atoms with Crippen LogP contribution in [0.5, 0.6) is 0 Å². The zero-order valence-corrected chi connectivity index (χ0v) is 21.8. The maximum atomic E-state index is 14.2. The fourth-order valence-corrected chi connectivity index (χ4v) is 10.1. The Bertz CT molecular complexity index is 1070. The molecule has 0 radical (unpaired) electrons. The Morgan fingerprint density at radius 2 is 1.59 bits per heavy atom. The molecule has 0 bridgehead atoms. The Hall–Kier alpha value is -1.94. The molecule has 0 spiro atoms. The van der Waals surface area contributed by atoms with Crippen LogP contribution in [0.3, 0.4) is 0 Å². The highest BCUT2D eigenvalue weighted by Crippen LogP contribution is 2.75. The molecular formula is C30H40N2O2. The summed E-state index contributed by atoms with van der Waals surface area (Å²) in [6.45, 7) is 13.6. The SMILES string of the molecule is C[C@@H]1C(=O)C(C#N)=C[C@]2(C)[C@H]3CC(=O)[C@H]4C5CC(C)(C)CC[C@]5(C#N)CC[C@@]4(C)[C@]3(C)CC[C@@H]12. The molecule has 0 aromatic rings. The fraction of sp³-hybridized carbons (Fsp3) is 0.800. The van der Waals surface area contributed by atoms with Gasteiger partial charge < -0.3 is 0 Å². The Kier molecular flexibility index (Phi) is 4.94. The van der Waals surface area contributed by atoms with E-state index < -0.39 is 0 Å². The number of ketones is 2. The second-order valence-corrected chi connectivity index (χ2v) is 14.1. The summed E-state index contributed by atoms with van der Waals surface area (Å²) >= 11 is 0. The topological polar surface area (TPSA) is 81.7 Å². The van der Waals surface area contributed by atoms with E-state index >= 15 is 0 Å². The number of carbonyl (C=O) groups excluding carboxylic acids is 2. The Morgan fingerprint density at radius 1 is 0.912 bits per heavy atom. The highest BCUT2D eigenvalue weighted by molar-refractivity contribution is 6.01. The second-order valence-electron chi connectivity index (χ2n) is 14.1. The van der Waals surface area contributed by atoms with Gasteiger partial charge in [-0.05, 0) is 84.4 Å². The van der Waals surface area contributed by atoms with Gasteiger partial charge in [-0.2, -0.15) is 10.5 Å². The van der Waals surface area contributed by atoms with E-state index in [0.717, 1.165) is 44.9 Å². The molecule has 9 atom stereocenters. The molecular weight excluding hydrogens is 420 g/mol. The normalized spacial score (nSPS) is 51.5. The first-order chi connectivity index (χ1) is 15.8. The largest absolute Gasteiger partial charge is 0.299 e. The van der Waals surface area contributed by atoms with E-state index in [-0.39, 0.29) is 68.0 Å². The van der Waals surface area contributed by atoms with Crippen molar-refractivity contribution < 1.29 is 9.59 Å². The van der Waals surface area contributed by atoms with Crippen LogP contribution in [0.1, 0.15) is 92.9 Å². The third-order valence-electron chi connectivity index (χ3n) is 12.3. The lowest BCUT2D eigenvalue weighted by atomic mass is 9.32. The number of nitriles is 2. The van der Waals surface area contributed by atoms with Gasteiger partial charge >= 0.3 is 0 Å². The molecule has 4 nitrogen and oxygen atoms in total. The van der Waals surface area contributed by atoms with Crippen LogP contribution in [0.15, 0.2) is 11.6 Å². The molecule has 0 heterocycles. The predicted molar refractivity (Wildman–Crippen MR) is 130 cm³/mol. The predicted octanol–water partition coefficient (Wildman–Crippen LogP) is 6.42. The average molecular weight is 461 g/mol. The van der Waals surface area contributed by atoms with Crippen molar-refractivity contribution in [2.24, 2.45) is 56.7 Å². The lowest BCUT2D eigenvalue weighted by molar-refractivity contribution is -0.212. The molecule has 34 heavy (non-hydrogen) atoms. The molecule has 5 rings (SSSR count). The summed E-state index contributed by atoms with van der Waals surface area (Å²) in [7, 11) is 0. The van der Waals surface area contributed by atoms with Crippen molar-refractivity contribution in [1.82, 2.24) is 0 Å². The summed E-state index contributed by atoms with van der Waals surface area (Å²) in [5.41, 5.74) is -0.461. The van der Waals surface area contributed by atoms with Crippen LogP contribution in [0.4, 0.5) is 0 Å². The standard InChI is InChI=1S/C30H40N2O2/c1-18-20-7-8-28(5)23(27(20,4)14-19(16-31)25(18)34)13-22(33)24-21-15-26(2,3)9-11-30(21,17-32)12-10-29(24,28)6/h14,18,20-21,23-24H,7-13,15H2,1-6H3/t18-,20-,21?,23+,24+,27-,28+,29+,30+/m0/s1. The number of hydrogen-bond acceptors (Lipinski definition) is 4. The van der Waals surface area contributed by atoms with Gasteiger partial charge in [0.2, 0.25) is 0 Å². The summed E-state index contributed by atoms with van der Waals surface area (Å²) in [5.74, 6) is 0.505. The number of nitrogens with zero attached hydrogens (tertiary/aromatic N) is 2. The van der Waals surface area contributed by atoms with Gasteiger partial charge in [-0.15, -0.1) is 0 Å². The van der Waals surface area contributed by atoms with Crippen molar-refractivity contribution in [2.45, 2.75) is 92.9 Å². The van der Waals surface area contributed by atoms with Crippen molar-refractivity contribution in [2.75, 3.05) is 0 Å². The highest BCUT2D eigenvalue weighted by atomic mass is 16.1. The van der Waals surface area contributed by atoms with E-state index in [1.165, 1.54) is 0 Å². The Morgan fingerprint density at radius 3 is 2.24 bits per heavy atom. The molecule has 0 aromatic heterocycles. The van der Waals surface area contributed by atoms with Crippen LogP contribution >= 0.6 is 0 Å². The van der Waals surface area contributed by atoms with Crippen molar-refractivity contribution in [3.05, 3.63) is 11.6 Å². The van der Waals surface area contributed by atoms with Crippen LogP contribution in [-0.4, -0.2) is 11.6 Å². The van der Waals surface area contributed by atoms with E-state index in [2.05, 4.69) is 46.8 Å². The van der Waals surface area contributed by atoms with Gasteiger partial charge in [-0.3, -0.25) is 9.59 Å². The van der Waals surface area contributed by atoms with Crippen molar-refractivity contribution in [3.8, 4) is 12.1 Å². The molecule has 5 aliphatic carbocycles. The summed E-state index contributed by atoms with van der Waals surface area (Å²) in [5, 5.41) is 20.1. The van der Waals surface area contributed by atoms with Gasteiger partial charge in [0, 0.05) is 18.3 Å². The average Bonchev–Trinajstić information content (AvgIpc) is 2.77. The van der Waals surface area contributed by atoms with E-state index in [4.69, 9.17) is 0 Å². The number of fused-ring (bicyclic) bond motifs is 7. The monoisotopic (exact) mass is 460 g/mol. The molecule has 182 valence electrons. The van der Waals surface area contributed by atoms with E-state index in [9.17, 15) is 20.1 Å². The van der Waals surface area contributed by atoms with Crippen LogP contribution in [0, 0.1) is 79.3 Å². The van der Waals surface area contributed by atoms with Crippen LogP contribution in [0.2, 0.25) is 0 Å². The molecule has 0 aliphatic heterocycles. The van der Waals surface area contributed by atoms with Gasteiger partial charge in [-0.25, -0.2) is 0 Å². The van der Waals surface area contributed by atoms with Crippen molar-refractivity contribution in [3.63, 3.8) is 0 Å². The lowest BCUT2D eigenvalue weighted by Gasteiger charge is -2.70. The number of allylic oxidation sites excluding steroid dienone is 2. The van der Waals surface area contributed by atoms with Gasteiger partial charge in [0.05, 0.1) is 17.1 Å². The highest BCUT2D eigenvalue weighted by Gasteiger charge is 2.71. The van der Waals surface area contributed by atoms with Gasteiger partial charge in [-0.1, -0.05) is 47.6 Å². The Balaban J connectivity index is 1.63. The van der Waals surface area contributed by atoms with Gasteiger partial charge in [0.15, 0.2) is 5.78 Å². The molecule has 0 saturated heterocycles. The minimum atomic E-state index is -0.362. The molecule has 1 unspecified atom stereocenters.